The first-order valence-electron chi connectivity index (χ1n) is 11.5. The maximum Gasteiger partial charge on any atom is 0.121 e. The Hall–Kier alpha value is -2.82. The van der Waals surface area contributed by atoms with Gasteiger partial charge in [0.25, 0.3) is 0 Å². The summed E-state index contributed by atoms with van der Waals surface area (Å²) in [5.74, 6) is 1.51. The van der Waals surface area contributed by atoms with E-state index >= 15 is 0 Å². The van der Waals surface area contributed by atoms with Crippen molar-refractivity contribution in [2.45, 2.75) is 65.0 Å². The molecule has 3 unspecified atom stereocenters. The van der Waals surface area contributed by atoms with Crippen molar-refractivity contribution in [1.82, 2.24) is 20.4 Å². The third-order valence-corrected chi connectivity index (χ3v) is 5.38. The van der Waals surface area contributed by atoms with Crippen LogP contribution < -0.4 is 5.32 Å². The van der Waals surface area contributed by atoms with Crippen molar-refractivity contribution in [2.75, 3.05) is 7.05 Å². The maximum atomic E-state index is 4.63. The topological polar surface area (TPSA) is 56.3 Å². The Bertz CT molecular complexity index is 798. The van der Waals surface area contributed by atoms with Crippen molar-refractivity contribution in [1.29, 1.82) is 0 Å². The molecule has 0 aromatic carbocycles. The lowest BCUT2D eigenvalue weighted by atomic mass is 10.0. The molecule has 0 spiro atoms. The summed E-state index contributed by atoms with van der Waals surface area (Å²) >= 11 is 0. The molecule has 0 fully saturated rings. The average molecular weight is 422 g/mol. The molecule has 0 saturated heterocycles. The number of hydrogen-bond donors (Lipinski definition) is 2. The maximum absolute atomic E-state index is 4.63. The quantitative estimate of drug-likeness (QED) is 0.231. The Kier molecular flexibility index (Phi) is 10.6. The number of amidine groups is 1. The van der Waals surface area contributed by atoms with E-state index in [4.69, 9.17) is 0 Å². The van der Waals surface area contributed by atoms with Crippen LogP contribution in [0, 0.1) is 5.92 Å². The molecule has 1 aliphatic rings. The second-order valence-electron chi connectivity index (χ2n) is 8.02. The van der Waals surface area contributed by atoms with Crippen LogP contribution in [0.2, 0.25) is 0 Å². The molecule has 5 nitrogen and oxygen atoms in total. The molecule has 1 aliphatic heterocycles. The molecule has 0 amide bonds. The number of hydrogen-bond acceptors (Lipinski definition) is 4. The first-order valence-corrected chi connectivity index (χ1v) is 11.5. The third-order valence-electron chi connectivity index (χ3n) is 5.38. The van der Waals surface area contributed by atoms with E-state index in [0.29, 0.717) is 0 Å². The second-order valence-corrected chi connectivity index (χ2v) is 8.02. The summed E-state index contributed by atoms with van der Waals surface area (Å²) in [7, 11) is 2.08. The van der Waals surface area contributed by atoms with Gasteiger partial charge in [-0.15, -0.1) is 0 Å². The highest BCUT2D eigenvalue weighted by molar-refractivity contribution is 5.87. The Balaban J connectivity index is 1.94. The minimum Gasteiger partial charge on any atom is -0.362 e. The van der Waals surface area contributed by atoms with Gasteiger partial charge in [-0.05, 0) is 31.4 Å². The minimum absolute atomic E-state index is 0.0270. The lowest BCUT2D eigenvalue weighted by Gasteiger charge is -2.34. The van der Waals surface area contributed by atoms with Crippen molar-refractivity contribution < 1.29 is 0 Å². The van der Waals surface area contributed by atoms with Gasteiger partial charge < -0.3 is 10.2 Å². The summed E-state index contributed by atoms with van der Waals surface area (Å²) in [4.78, 5) is 6.81. The molecule has 1 aromatic rings. The highest BCUT2D eigenvalue weighted by Crippen LogP contribution is 2.19. The van der Waals surface area contributed by atoms with E-state index in [2.05, 4.69) is 96.3 Å². The van der Waals surface area contributed by atoms with Crippen LogP contribution in [0.5, 0.6) is 0 Å². The summed E-state index contributed by atoms with van der Waals surface area (Å²) in [5.41, 5.74) is 2.00. The van der Waals surface area contributed by atoms with Gasteiger partial charge in [0.1, 0.15) is 12.0 Å². The van der Waals surface area contributed by atoms with Gasteiger partial charge in [0.05, 0.1) is 6.20 Å². The second kappa shape index (κ2) is 13.5. The van der Waals surface area contributed by atoms with Crippen LogP contribution in [0.1, 0.15) is 64.4 Å². The van der Waals surface area contributed by atoms with Crippen LogP contribution in [-0.2, 0) is 0 Å². The zero-order valence-corrected chi connectivity index (χ0v) is 19.6. The van der Waals surface area contributed by atoms with Crippen LogP contribution >= 0.6 is 0 Å². The standard InChI is InChI=1S/C26H39N5/c1-6-8-10-11-12-13-21(3)26-27-18-17-25(31(26)5)30-22(4)15-16-23(14-9-7-2)24-19-28-29-20-24/h9,12-21,23,25,30H,4,6-8,10-11H2,1-3,5H3,(H,28,29)/b13-12-,14-9?,16-15-. The number of likely N-dealkylation sites (N-methyl/N-ethyl adjacent to an activating group) is 1. The van der Waals surface area contributed by atoms with Crippen LogP contribution in [0.4, 0.5) is 0 Å². The number of aromatic amines is 1. The predicted octanol–water partition coefficient (Wildman–Crippen LogP) is 6.08. The molecular formula is C26H39N5. The third kappa shape index (κ3) is 8.08. The Labute approximate surface area is 188 Å². The number of nitrogens with zero attached hydrogens (tertiary/aromatic N) is 3. The minimum atomic E-state index is 0.0270. The molecule has 2 N–H and O–H groups in total. The molecule has 1 aromatic heterocycles. The first kappa shape index (κ1) is 24.4. The zero-order chi connectivity index (χ0) is 22.5. The SMILES string of the molecule is C=C(/C=C\C(C=CCC)c1cn[nH]c1)NC1C=CN=C(C(C)/C=C\CCCCC)N1C. The summed E-state index contributed by atoms with van der Waals surface area (Å²) < 4.78 is 0. The molecule has 31 heavy (non-hydrogen) atoms. The first-order chi connectivity index (χ1) is 15.1. The fourth-order valence-electron chi connectivity index (χ4n) is 3.52. The van der Waals surface area contributed by atoms with Crippen molar-refractivity contribution in [2.24, 2.45) is 10.9 Å². The van der Waals surface area contributed by atoms with Crippen molar-refractivity contribution in [3.05, 3.63) is 79.0 Å². The van der Waals surface area contributed by atoms with Gasteiger partial charge in [0, 0.05) is 42.5 Å². The van der Waals surface area contributed by atoms with E-state index in [1.807, 2.05) is 24.7 Å². The van der Waals surface area contributed by atoms with Gasteiger partial charge in [0.15, 0.2) is 0 Å². The summed E-state index contributed by atoms with van der Waals surface area (Å²) in [6, 6.07) is 0. The smallest absolute Gasteiger partial charge is 0.121 e. The van der Waals surface area contributed by atoms with E-state index in [1.165, 1.54) is 19.3 Å². The number of allylic oxidation sites excluding steroid dienone is 5. The lowest BCUT2D eigenvalue weighted by molar-refractivity contribution is 0.370. The Morgan fingerprint density at radius 2 is 2.10 bits per heavy atom. The van der Waals surface area contributed by atoms with Gasteiger partial charge in [-0.1, -0.05) is 70.6 Å². The van der Waals surface area contributed by atoms with E-state index in [0.717, 1.165) is 29.9 Å². The molecule has 0 bridgehead atoms. The summed E-state index contributed by atoms with van der Waals surface area (Å²) in [5, 5.41) is 10.5. The average Bonchev–Trinajstić information content (AvgIpc) is 3.29. The summed E-state index contributed by atoms with van der Waals surface area (Å²) in [6.45, 7) is 10.8. The van der Waals surface area contributed by atoms with Gasteiger partial charge in [-0.3, -0.25) is 5.10 Å². The van der Waals surface area contributed by atoms with Gasteiger partial charge in [-0.2, -0.15) is 5.10 Å². The lowest BCUT2D eigenvalue weighted by Crippen LogP contribution is -2.47. The number of rotatable bonds is 13. The van der Waals surface area contributed by atoms with Crippen molar-refractivity contribution in [3.63, 3.8) is 0 Å². The summed E-state index contributed by atoms with van der Waals surface area (Å²) in [6.07, 6.45) is 26.8. The molecule has 2 rings (SSSR count). The van der Waals surface area contributed by atoms with E-state index in [1.54, 1.807) is 0 Å². The number of unbranched alkanes of at least 4 members (excludes halogenated alkanes) is 3. The molecular weight excluding hydrogens is 382 g/mol. The molecule has 0 radical (unpaired) electrons. The highest BCUT2D eigenvalue weighted by atomic mass is 15.3. The van der Waals surface area contributed by atoms with Gasteiger partial charge in [-0.25, -0.2) is 4.99 Å². The number of aromatic nitrogens is 2. The van der Waals surface area contributed by atoms with Crippen LogP contribution in [0.3, 0.4) is 0 Å². The molecule has 5 heteroatoms. The predicted molar refractivity (Wildman–Crippen MR) is 133 cm³/mol. The monoisotopic (exact) mass is 421 g/mol. The normalized spacial score (nSPS) is 18.8. The highest BCUT2D eigenvalue weighted by Gasteiger charge is 2.21. The molecule has 168 valence electrons. The van der Waals surface area contributed by atoms with E-state index in [9.17, 15) is 0 Å². The van der Waals surface area contributed by atoms with Gasteiger partial charge >= 0.3 is 0 Å². The number of H-pyrrole nitrogens is 1. The van der Waals surface area contributed by atoms with Crippen molar-refractivity contribution >= 4 is 5.84 Å². The largest absolute Gasteiger partial charge is 0.362 e. The zero-order valence-electron chi connectivity index (χ0n) is 19.6. The number of aliphatic imine (C=N–C) groups is 1. The van der Waals surface area contributed by atoms with Crippen LogP contribution in [-0.4, -0.2) is 34.1 Å². The molecule has 3 atom stereocenters. The van der Waals surface area contributed by atoms with E-state index < -0.39 is 0 Å². The van der Waals surface area contributed by atoms with E-state index in [-0.39, 0.29) is 18.0 Å². The van der Waals surface area contributed by atoms with Gasteiger partial charge in [0.2, 0.25) is 0 Å². The molecule has 2 heterocycles. The molecule has 0 aliphatic carbocycles. The number of nitrogens with one attached hydrogen (secondary N) is 2. The van der Waals surface area contributed by atoms with Crippen LogP contribution in [0.15, 0.2) is 78.4 Å². The van der Waals surface area contributed by atoms with Crippen molar-refractivity contribution in [3.8, 4) is 0 Å². The Morgan fingerprint density at radius 3 is 2.81 bits per heavy atom. The Morgan fingerprint density at radius 1 is 1.26 bits per heavy atom. The fraction of sp³-hybridized carbons (Fsp3) is 0.462. The van der Waals surface area contributed by atoms with Crippen LogP contribution in [0.25, 0.3) is 0 Å². The fourth-order valence-corrected chi connectivity index (χ4v) is 3.52. The molecule has 0 saturated carbocycles.